The number of carbonyl (C=O) groups excluding carboxylic acids is 1. The normalized spacial score (nSPS) is 14.7. The van der Waals surface area contributed by atoms with Crippen molar-refractivity contribution in [3.8, 4) is 11.5 Å². The molecule has 0 aliphatic carbocycles. The van der Waals surface area contributed by atoms with Gasteiger partial charge in [0.1, 0.15) is 23.4 Å². The van der Waals surface area contributed by atoms with Gasteiger partial charge in [0.2, 0.25) is 11.7 Å². The first-order valence-corrected chi connectivity index (χ1v) is 11.4. The van der Waals surface area contributed by atoms with Crippen molar-refractivity contribution in [3.63, 3.8) is 0 Å². The van der Waals surface area contributed by atoms with Gasteiger partial charge in [-0.15, -0.1) is 0 Å². The average molecular weight is 457 g/mol. The van der Waals surface area contributed by atoms with Crippen molar-refractivity contribution in [2.75, 3.05) is 20.6 Å². The van der Waals surface area contributed by atoms with Crippen LogP contribution in [0.3, 0.4) is 0 Å². The first-order chi connectivity index (χ1) is 16.5. The van der Waals surface area contributed by atoms with Crippen LogP contribution >= 0.6 is 0 Å². The molecule has 174 valence electrons. The quantitative estimate of drug-likeness (QED) is 0.527. The third-order valence-electron chi connectivity index (χ3n) is 5.82. The number of ether oxygens (including phenoxy) is 1. The van der Waals surface area contributed by atoms with Crippen molar-refractivity contribution >= 4 is 17.4 Å². The van der Waals surface area contributed by atoms with Gasteiger partial charge < -0.3 is 9.64 Å². The van der Waals surface area contributed by atoms with E-state index in [1.165, 1.54) is 0 Å². The van der Waals surface area contributed by atoms with Crippen LogP contribution in [-0.4, -0.2) is 53.2 Å². The van der Waals surface area contributed by atoms with Gasteiger partial charge in [-0.3, -0.25) is 15.1 Å². The van der Waals surface area contributed by atoms with Crippen molar-refractivity contribution in [2.24, 2.45) is 4.99 Å². The Morgan fingerprint density at radius 1 is 1.12 bits per heavy atom. The van der Waals surface area contributed by atoms with Crippen molar-refractivity contribution in [3.05, 3.63) is 89.9 Å². The number of para-hydroxylation sites is 1. The predicted octanol–water partition coefficient (Wildman–Crippen LogP) is 3.28. The summed E-state index contributed by atoms with van der Waals surface area (Å²) in [4.78, 5) is 28.1. The molecule has 7 heteroatoms. The molecule has 7 nitrogen and oxygen atoms in total. The Balaban J connectivity index is 1.61. The van der Waals surface area contributed by atoms with E-state index in [0.29, 0.717) is 18.5 Å². The molecule has 0 radical (unpaired) electrons. The van der Waals surface area contributed by atoms with Crippen LogP contribution < -0.4 is 10.1 Å². The summed E-state index contributed by atoms with van der Waals surface area (Å²) in [6.45, 7) is 6.09. The molecule has 0 bridgehead atoms. The Labute approximate surface area is 200 Å². The minimum atomic E-state index is -0.0420. The van der Waals surface area contributed by atoms with E-state index in [2.05, 4.69) is 16.5 Å². The summed E-state index contributed by atoms with van der Waals surface area (Å²) in [6, 6.07) is 17.7. The first-order valence-electron chi connectivity index (χ1n) is 11.4. The molecule has 34 heavy (non-hydrogen) atoms. The molecular weight excluding hydrogens is 426 g/mol. The molecule has 2 heterocycles. The lowest BCUT2D eigenvalue weighted by Crippen LogP contribution is -2.74. The maximum atomic E-state index is 12.2. The van der Waals surface area contributed by atoms with Gasteiger partial charge in [-0.1, -0.05) is 24.8 Å². The Bertz CT molecular complexity index is 1210. The fraction of sp³-hybridized carbons (Fsp3) is 0.259. The van der Waals surface area contributed by atoms with E-state index in [0.717, 1.165) is 46.3 Å². The molecule has 0 spiro atoms. The average Bonchev–Trinajstić information content (AvgIpc) is 2.87. The SMILES string of the molecule is C=C(C)C(=O)N(C)CCC1Cc2ncnc([NH2+]C)c2C(c2ccc(Oc3ccccc3)cc2)=N1. The number of fused-ring (bicyclic) bond motifs is 1. The monoisotopic (exact) mass is 456 g/mol. The Morgan fingerprint density at radius 3 is 2.50 bits per heavy atom. The summed E-state index contributed by atoms with van der Waals surface area (Å²) < 4.78 is 5.95. The number of nitrogens with zero attached hydrogens (tertiary/aromatic N) is 4. The molecule has 0 fully saturated rings. The lowest BCUT2D eigenvalue weighted by molar-refractivity contribution is -0.543. The summed E-state index contributed by atoms with van der Waals surface area (Å²) in [7, 11) is 3.78. The fourth-order valence-electron chi connectivity index (χ4n) is 4.05. The van der Waals surface area contributed by atoms with Crippen molar-refractivity contribution in [1.29, 1.82) is 0 Å². The highest BCUT2D eigenvalue weighted by Gasteiger charge is 2.28. The van der Waals surface area contributed by atoms with E-state index in [-0.39, 0.29) is 11.9 Å². The largest absolute Gasteiger partial charge is 0.457 e. The zero-order chi connectivity index (χ0) is 24.1. The minimum Gasteiger partial charge on any atom is -0.457 e. The van der Waals surface area contributed by atoms with Crippen LogP contribution in [0.15, 0.2) is 78.1 Å². The molecule has 1 aliphatic heterocycles. The Morgan fingerprint density at radius 2 is 1.82 bits per heavy atom. The van der Waals surface area contributed by atoms with Gasteiger partial charge in [0, 0.05) is 31.1 Å². The predicted molar refractivity (Wildman–Crippen MR) is 133 cm³/mol. The maximum Gasteiger partial charge on any atom is 0.248 e. The molecule has 0 saturated heterocycles. The second-order valence-electron chi connectivity index (χ2n) is 8.44. The molecule has 4 rings (SSSR count). The van der Waals surface area contributed by atoms with E-state index < -0.39 is 0 Å². The highest BCUT2D eigenvalue weighted by Crippen LogP contribution is 2.28. The zero-order valence-corrected chi connectivity index (χ0v) is 19.9. The topological polar surface area (TPSA) is 84.3 Å². The van der Waals surface area contributed by atoms with Crippen LogP contribution in [0.4, 0.5) is 5.82 Å². The molecule has 0 saturated carbocycles. The first kappa shape index (κ1) is 23.3. The molecule has 3 aromatic rings. The number of hydrogen-bond donors (Lipinski definition) is 1. The fourth-order valence-corrected chi connectivity index (χ4v) is 4.05. The lowest BCUT2D eigenvalue weighted by atomic mass is 9.92. The minimum absolute atomic E-state index is 0.0164. The Kier molecular flexibility index (Phi) is 7.13. The number of carbonyl (C=O) groups is 1. The summed E-state index contributed by atoms with van der Waals surface area (Å²) >= 11 is 0. The van der Waals surface area contributed by atoms with E-state index in [1.807, 2.05) is 67.0 Å². The van der Waals surface area contributed by atoms with Crippen LogP contribution in [-0.2, 0) is 11.2 Å². The van der Waals surface area contributed by atoms with Gasteiger partial charge in [-0.05, 0) is 49.7 Å². The number of aromatic nitrogens is 2. The second-order valence-corrected chi connectivity index (χ2v) is 8.44. The summed E-state index contributed by atoms with van der Waals surface area (Å²) in [5.74, 6) is 2.39. The number of rotatable bonds is 8. The van der Waals surface area contributed by atoms with Crippen LogP contribution in [0, 0.1) is 0 Å². The number of aliphatic imine (C=N–C) groups is 1. The van der Waals surface area contributed by atoms with Crippen molar-refractivity contribution < 1.29 is 14.8 Å². The summed E-state index contributed by atoms with van der Waals surface area (Å²) in [6.07, 6.45) is 3.07. The van der Waals surface area contributed by atoms with Gasteiger partial charge in [-0.25, -0.2) is 4.98 Å². The highest BCUT2D eigenvalue weighted by molar-refractivity contribution is 6.16. The molecule has 1 unspecified atom stereocenters. The van der Waals surface area contributed by atoms with Gasteiger partial charge in [0.05, 0.1) is 24.5 Å². The van der Waals surface area contributed by atoms with E-state index in [4.69, 9.17) is 9.73 Å². The maximum absolute atomic E-state index is 12.2. The molecule has 1 aliphatic rings. The van der Waals surface area contributed by atoms with Crippen LogP contribution in [0.1, 0.15) is 30.2 Å². The Hall–Kier alpha value is -3.84. The van der Waals surface area contributed by atoms with E-state index in [9.17, 15) is 4.79 Å². The van der Waals surface area contributed by atoms with E-state index in [1.54, 1.807) is 25.2 Å². The number of benzene rings is 2. The van der Waals surface area contributed by atoms with Gasteiger partial charge >= 0.3 is 0 Å². The van der Waals surface area contributed by atoms with Crippen LogP contribution in [0.5, 0.6) is 11.5 Å². The number of amides is 1. The molecule has 1 atom stereocenters. The zero-order valence-electron chi connectivity index (χ0n) is 19.9. The summed E-state index contributed by atoms with van der Waals surface area (Å²) in [5.41, 5.74) is 4.35. The van der Waals surface area contributed by atoms with Crippen LogP contribution in [0.2, 0.25) is 0 Å². The molecular formula is C27H30N5O2+. The van der Waals surface area contributed by atoms with Crippen LogP contribution in [0.25, 0.3) is 0 Å². The van der Waals surface area contributed by atoms with Gasteiger partial charge in [0.25, 0.3) is 0 Å². The second kappa shape index (κ2) is 10.4. The lowest BCUT2D eigenvalue weighted by Gasteiger charge is -2.25. The number of quaternary nitrogens is 1. The van der Waals surface area contributed by atoms with Gasteiger partial charge in [-0.2, -0.15) is 4.98 Å². The summed E-state index contributed by atoms with van der Waals surface area (Å²) in [5, 5.41) is 1.99. The number of likely N-dealkylation sites (N-methyl/N-ethyl adjacent to an activating group) is 1. The molecule has 1 amide bonds. The third kappa shape index (κ3) is 5.21. The van der Waals surface area contributed by atoms with Crippen molar-refractivity contribution in [1.82, 2.24) is 14.9 Å². The van der Waals surface area contributed by atoms with Gasteiger partial charge in [0.15, 0.2) is 0 Å². The van der Waals surface area contributed by atoms with Crippen molar-refractivity contribution in [2.45, 2.75) is 25.8 Å². The molecule has 1 aromatic heterocycles. The number of hydrogen-bond acceptors (Lipinski definition) is 5. The van der Waals surface area contributed by atoms with E-state index >= 15 is 0 Å². The number of nitrogens with two attached hydrogens (primary N) is 1. The molecule has 2 aromatic carbocycles. The highest BCUT2D eigenvalue weighted by atomic mass is 16.5. The smallest absolute Gasteiger partial charge is 0.248 e. The molecule has 2 N–H and O–H groups in total. The third-order valence-corrected chi connectivity index (χ3v) is 5.82. The standard InChI is InChI=1S/C27H29N5O2/c1-18(2)27(33)32(4)15-14-20-16-23-24(26(28-3)30-17-29-23)25(31-20)19-10-12-22(13-11-19)34-21-8-6-5-7-9-21/h5-13,17,20H,1,14-16H2,2-4H3,(H,28,29,30)/p+1.